The molecule has 3 heteroatoms. The van der Waals surface area contributed by atoms with Crippen LogP contribution in [0.3, 0.4) is 0 Å². The highest BCUT2D eigenvalue weighted by Gasteiger charge is 2.02. The Labute approximate surface area is 116 Å². The maximum absolute atomic E-state index is 13.5. The van der Waals surface area contributed by atoms with Crippen molar-refractivity contribution in [1.82, 2.24) is 0 Å². The molecule has 0 aliphatic rings. The highest BCUT2D eigenvalue weighted by Crippen LogP contribution is 2.23. The maximum Gasteiger partial charge on any atom is 0.138 e. The van der Waals surface area contributed by atoms with Gasteiger partial charge in [-0.05, 0) is 29.8 Å². The van der Waals surface area contributed by atoms with Crippen LogP contribution in [0.4, 0.5) is 4.39 Å². The second-order valence-corrected chi connectivity index (χ2v) is 4.92. The van der Waals surface area contributed by atoms with Crippen LogP contribution in [-0.4, -0.2) is 11.7 Å². The Kier molecular flexibility index (Phi) is 5.02. The summed E-state index contributed by atoms with van der Waals surface area (Å²) >= 11 is 1.69. The lowest BCUT2D eigenvalue weighted by Gasteiger charge is -2.03. The van der Waals surface area contributed by atoms with E-state index in [1.54, 1.807) is 23.9 Å². The summed E-state index contributed by atoms with van der Waals surface area (Å²) in [5.74, 6) is 5.49. The van der Waals surface area contributed by atoms with Crippen molar-refractivity contribution < 1.29 is 9.50 Å². The fourth-order valence-corrected chi connectivity index (χ4v) is 2.44. The van der Waals surface area contributed by atoms with Crippen LogP contribution >= 0.6 is 11.8 Å². The zero-order chi connectivity index (χ0) is 13.5. The normalized spacial score (nSPS) is 9.79. The van der Waals surface area contributed by atoms with Gasteiger partial charge >= 0.3 is 0 Å². The fraction of sp³-hybridized carbons (Fsp3) is 0.125. The van der Waals surface area contributed by atoms with Crippen LogP contribution < -0.4 is 0 Å². The first-order chi connectivity index (χ1) is 9.29. The zero-order valence-corrected chi connectivity index (χ0v) is 11.1. The first-order valence-electron chi connectivity index (χ1n) is 5.85. The summed E-state index contributed by atoms with van der Waals surface area (Å²) < 4.78 is 13.5. The number of thioether (sulfide) groups is 1. The third-order valence-corrected chi connectivity index (χ3v) is 3.56. The third kappa shape index (κ3) is 4.13. The largest absolute Gasteiger partial charge is 0.384 e. The van der Waals surface area contributed by atoms with E-state index in [1.165, 1.54) is 11.0 Å². The third-order valence-electron chi connectivity index (χ3n) is 2.48. The van der Waals surface area contributed by atoms with Gasteiger partial charge in [0.05, 0.1) is 5.56 Å². The molecule has 0 aromatic heterocycles. The quantitative estimate of drug-likeness (QED) is 0.682. The first-order valence-corrected chi connectivity index (χ1v) is 6.84. The van der Waals surface area contributed by atoms with E-state index in [0.29, 0.717) is 5.56 Å². The summed E-state index contributed by atoms with van der Waals surface area (Å²) in [5, 5.41) is 8.64. The number of aliphatic hydroxyl groups is 1. The number of hydrogen-bond acceptors (Lipinski definition) is 2. The van der Waals surface area contributed by atoms with Crippen molar-refractivity contribution in [3.05, 3.63) is 65.5 Å². The molecule has 0 bridgehead atoms. The van der Waals surface area contributed by atoms with Crippen LogP contribution in [0.2, 0.25) is 0 Å². The second kappa shape index (κ2) is 6.98. The van der Waals surface area contributed by atoms with Crippen LogP contribution in [0.15, 0.2) is 53.4 Å². The number of aliphatic hydroxyl groups excluding tert-OH is 1. The Balaban J connectivity index is 2.09. The Morgan fingerprint density at radius 3 is 2.63 bits per heavy atom. The first kappa shape index (κ1) is 13.7. The number of rotatable bonds is 3. The molecule has 0 spiro atoms. The van der Waals surface area contributed by atoms with Gasteiger partial charge in [-0.3, -0.25) is 0 Å². The molecule has 0 fully saturated rings. The van der Waals surface area contributed by atoms with Crippen LogP contribution in [0.25, 0.3) is 0 Å². The van der Waals surface area contributed by atoms with Gasteiger partial charge in [-0.15, -0.1) is 11.8 Å². The zero-order valence-electron chi connectivity index (χ0n) is 10.3. The molecule has 19 heavy (non-hydrogen) atoms. The lowest BCUT2D eigenvalue weighted by molar-refractivity contribution is 0.350. The second-order valence-electron chi connectivity index (χ2n) is 3.88. The van der Waals surface area contributed by atoms with Crippen molar-refractivity contribution in [2.75, 3.05) is 6.61 Å². The van der Waals surface area contributed by atoms with E-state index in [9.17, 15) is 4.39 Å². The van der Waals surface area contributed by atoms with Gasteiger partial charge in [0.15, 0.2) is 0 Å². The monoisotopic (exact) mass is 272 g/mol. The van der Waals surface area contributed by atoms with E-state index >= 15 is 0 Å². The van der Waals surface area contributed by atoms with Gasteiger partial charge in [0, 0.05) is 10.6 Å². The van der Waals surface area contributed by atoms with Gasteiger partial charge in [-0.1, -0.05) is 36.1 Å². The summed E-state index contributed by atoms with van der Waals surface area (Å²) in [6.07, 6.45) is 0. The molecule has 2 rings (SSSR count). The molecule has 2 aromatic carbocycles. The van der Waals surface area contributed by atoms with E-state index in [0.717, 1.165) is 11.3 Å². The number of halogens is 1. The molecule has 0 unspecified atom stereocenters. The molecule has 2 aromatic rings. The molecule has 0 aliphatic carbocycles. The summed E-state index contributed by atoms with van der Waals surface area (Å²) in [5.41, 5.74) is 1.35. The minimum atomic E-state index is -0.352. The lowest BCUT2D eigenvalue weighted by atomic mass is 10.1. The maximum atomic E-state index is 13.5. The molecular formula is C16H13FOS. The number of benzene rings is 2. The van der Waals surface area contributed by atoms with Crippen molar-refractivity contribution in [2.24, 2.45) is 0 Å². The van der Waals surface area contributed by atoms with Crippen molar-refractivity contribution in [1.29, 1.82) is 0 Å². The molecule has 0 radical (unpaired) electrons. The average molecular weight is 272 g/mol. The van der Waals surface area contributed by atoms with Gasteiger partial charge in [-0.25, -0.2) is 4.39 Å². The molecule has 96 valence electrons. The Morgan fingerprint density at radius 1 is 1.11 bits per heavy atom. The van der Waals surface area contributed by atoms with Crippen LogP contribution in [0.5, 0.6) is 0 Å². The van der Waals surface area contributed by atoms with E-state index in [-0.39, 0.29) is 12.4 Å². The Bertz CT molecular complexity index is 599. The van der Waals surface area contributed by atoms with Gasteiger partial charge in [0.1, 0.15) is 12.4 Å². The minimum absolute atomic E-state index is 0.261. The smallest absolute Gasteiger partial charge is 0.138 e. The molecule has 0 aliphatic heterocycles. The molecular weight excluding hydrogens is 259 g/mol. The summed E-state index contributed by atoms with van der Waals surface area (Å²) in [4.78, 5) is 1.18. The minimum Gasteiger partial charge on any atom is -0.384 e. The SMILES string of the molecule is OCC#Cc1cc(CSc2ccccc2)ccc1F. The van der Waals surface area contributed by atoms with Gasteiger partial charge in [0.2, 0.25) is 0 Å². The van der Waals surface area contributed by atoms with E-state index in [4.69, 9.17) is 5.11 Å². The average Bonchev–Trinajstić information content (AvgIpc) is 2.46. The highest BCUT2D eigenvalue weighted by atomic mass is 32.2. The molecule has 0 atom stereocenters. The summed E-state index contributed by atoms with van der Waals surface area (Å²) in [6, 6.07) is 15.0. The summed E-state index contributed by atoms with van der Waals surface area (Å²) in [6.45, 7) is -0.261. The van der Waals surface area contributed by atoms with Crippen molar-refractivity contribution in [3.63, 3.8) is 0 Å². The van der Waals surface area contributed by atoms with Crippen LogP contribution in [0.1, 0.15) is 11.1 Å². The topological polar surface area (TPSA) is 20.2 Å². The molecule has 0 heterocycles. The van der Waals surface area contributed by atoms with Gasteiger partial charge in [0.25, 0.3) is 0 Å². The van der Waals surface area contributed by atoms with Crippen LogP contribution in [0, 0.1) is 17.7 Å². The van der Waals surface area contributed by atoms with Crippen LogP contribution in [-0.2, 0) is 5.75 Å². The molecule has 1 N–H and O–H groups in total. The van der Waals surface area contributed by atoms with Crippen molar-refractivity contribution in [3.8, 4) is 11.8 Å². The standard InChI is InChI=1S/C16H13FOS/c17-16-9-8-13(11-14(16)5-4-10-18)12-19-15-6-2-1-3-7-15/h1-3,6-9,11,18H,10,12H2. The lowest BCUT2D eigenvalue weighted by Crippen LogP contribution is -1.88. The number of hydrogen-bond donors (Lipinski definition) is 1. The molecule has 0 saturated carbocycles. The predicted molar refractivity (Wildman–Crippen MR) is 76.4 cm³/mol. The molecule has 0 saturated heterocycles. The summed E-state index contributed by atoms with van der Waals surface area (Å²) in [7, 11) is 0. The van der Waals surface area contributed by atoms with Gasteiger partial charge < -0.3 is 5.11 Å². The van der Waals surface area contributed by atoms with E-state index in [1.807, 2.05) is 30.3 Å². The molecule has 1 nitrogen and oxygen atoms in total. The van der Waals surface area contributed by atoms with Crippen molar-refractivity contribution in [2.45, 2.75) is 10.6 Å². The van der Waals surface area contributed by atoms with E-state index < -0.39 is 0 Å². The van der Waals surface area contributed by atoms with Gasteiger partial charge in [-0.2, -0.15) is 0 Å². The molecule has 0 amide bonds. The Morgan fingerprint density at radius 2 is 1.89 bits per heavy atom. The fourth-order valence-electron chi connectivity index (χ4n) is 1.58. The van der Waals surface area contributed by atoms with Crippen molar-refractivity contribution >= 4 is 11.8 Å². The Hall–Kier alpha value is -1.76. The predicted octanol–water partition coefficient (Wildman–Crippen LogP) is 3.46. The highest BCUT2D eigenvalue weighted by molar-refractivity contribution is 7.98. The van der Waals surface area contributed by atoms with E-state index in [2.05, 4.69) is 11.8 Å².